The van der Waals surface area contributed by atoms with Crippen molar-refractivity contribution in [2.45, 2.75) is 72.3 Å². The summed E-state index contributed by atoms with van der Waals surface area (Å²) < 4.78 is 39.2. The number of halogens is 3. The molecule has 10 heteroatoms. The zero-order chi connectivity index (χ0) is 27.6. The van der Waals surface area contributed by atoms with Crippen molar-refractivity contribution in [3.63, 3.8) is 0 Å². The Balaban J connectivity index is 0.00000684. The number of nitrogens with zero attached hydrogens (tertiary/aromatic N) is 2. The van der Waals surface area contributed by atoms with E-state index in [1.807, 2.05) is 26.8 Å². The molecule has 0 aromatic carbocycles. The van der Waals surface area contributed by atoms with Crippen LogP contribution in [0.4, 0.5) is 13.2 Å². The van der Waals surface area contributed by atoms with Crippen molar-refractivity contribution in [3.8, 4) is 12.3 Å². The van der Waals surface area contributed by atoms with Gasteiger partial charge in [-0.15, -0.1) is 18.7 Å². The van der Waals surface area contributed by atoms with Gasteiger partial charge in [0.05, 0.1) is 12.1 Å². The first-order chi connectivity index (χ1) is 16.4. The molecule has 198 valence electrons. The number of allylic oxidation sites excluding steroid dienone is 3. The van der Waals surface area contributed by atoms with Gasteiger partial charge in [-0.05, 0) is 16.7 Å². The number of terminal acetylenes is 1. The molecule has 4 atom stereocenters. The van der Waals surface area contributed by atoms with Gasteiger partial charge in [-0.3, -0.25) is 9.59 Å². The third kappa shape index (κ3) is 8.07. The second-order valence-electron chi connectivity index (χ2n) is 11.1. The molecule has 0 bridgehead atoms. The SMILES string of the molecule is C#CC(CC1=CC=C[N-]C1=C)NC(=O)[C@H]1N(C(=C)C(NC(=O)C(F)(F)F)C(C)(C)C)CC(C)C1(C)C.[Rb+]. The van der Waals surface area contributed by atoms with Crippen LogP contribution in [0, 0.1) is 29.1 Å². The van der Waals surface area contributed by atoms with Gasteiger partial charge in [0, 0.05) is 18.7 Å². The fourth-order valence-corrected chi connectivity index (χ4v) is 4.53. The van der Waals surface area contributed by atoms with Gasteiger partial charge in [-0.25, -0.2) is 0 Å². The maximum atomic E-state index is 13.6. The Bertz CT molecular complexity index is 1020. The van der Waals surface area contributed by atoms with Crippen LogP contribution in [0.15, 0.2) is 48.5 Å². The maximum Gasteiger partial charge on any atom is 1.00 e. The van der Waals surface area contributed by atoms with E-state index in [0.29, 0.717) is 18.7 Å². The second kappa shape index (κ2) is 12.7. The summed E-state index contributed by atoms with van der Waals surface area (Å²) >= 11 is 0. The number of alkyl halides is 3. The summed E-state index contributed by atoms with van der Waals surface area (Å²) in [6.07, 6.45) is 6.20. The van der Waals surface area contributed by atoms with Gasteiger partial charge >= 0.3 is 70.3 Å². The Labute approximate surface area is 267 Å². The predicted molar refractivity (Wildman–Crippen MR) is 135 cm³/mol. The van der Waals surface area contributed by atoms with Gasteiger partial charge in [0.15, 0.2) is 0 Å². The Morgan fingerprint density at radius 1 is 1.30 bits per heavy atom. The van der Waals surface area contributed by atoms with Crippen molar-refractivity contribution in [2.75, 3.05) is 6.54 Å². The molecule has 0 aromatic heterocycles. The van der Waals surface area contributed by atoms with Crippen LogP contribution >= 0.6 is 0 Å². The van der Waals surface area contributed by atoms with Crippen LogP contribution in [0.1, 0.15) is 48.0 Å². The van der Waals surface area contributed by atoms with Crippen LogP contribution in [-0.4, -0.2) is 47.6 Å². The number of carbonyl (C=O) groups excluding carboxylic acids is 2. The number of nitrogens with one attached hydrogen (secondary N) is 2. The van der Waals surface area contributed by atoms with Crippen LogP contribution in [0.2, 0.25) is 0 Å². The fourth-order valence-electron chi connectivity index (χ4n) is 4.53. The molecule has 2 aliphatic heterocycles. The summed E-state index contributed by atoms with van der Waals surface area (Å²) in [5.74, 6) is 0.177. The van der Waals surface area contributed by atoms with Crippen LogP contribution in [0.3, 0.4) is 0 Å². The van der Waals surface area contributed by atoms with E-state index < -0.39 is 41.0 Å². The topological polar surface area (TPSA) is 75.5 Å². The average Bonchev–Trinajstić information content (AvgIpc) is 2.99. The fraction of sp³-hybridized carbons (Fsp3) is 0.556. The molecule has 2 N–H and O–H groups in total. The minimum absolute atomic E-state index is 0. The second-order valence-corrected chi connectivity index (χ2v) is 11.1. The summed E-state index contributed by atoms with van der Waals surface area (Å²) in [6, 6.07) is -2.47. The minimum Gasteiger partial charge on any atom is -0.664 e. The van der Waals surface area contributed by atoms with Crippen molar-refractivity contribution >= 4 is 11.8 Å². The van der Waals surface area contributed by atoms with E-state index in [4.69, 9.17) is 6.42 Å². The molecule has 2 heterocycles. The third-order valence-corrected chi connectivity index (χ3v) is 7.03. The summed E-state index contributed by atoms with van der Waals surface area (Å²) in [4.78, 5) is 27.2. The smallest absolute Gasteiger partial charge is 0.664 e. The number of hydrogen-bond donors (Lipinski definition) is 2. The first-order valence-electron chi connectivity index (χ1n) is 11.8. The molecule has 6 nitrogen and oxygen atoms in total. The van der Waals surface area contributed by atoms with E-state index in [0.717, 1.165) is 5.57 Å². The third-order valence-electron chi connectivity index (χ3n) is 7.03. The molecular weight excluding hydrogens is 555 g/mol. The van der Waals surface area contributed by atoms with E-state index in [1.54, 1.807) is 37.9 Å². The van der Waals surface area contributed by atoms with Crippen LogP contribution in [-0.2, 0) is 9.59 Å². The number of likely N-dealkylation sites (tertiary alicyclic amines) is 1. The van der Waals surface area contributed by atoms with Crippen molar-refractivity contribution < 1.29 is 80.9 Å². The van der Waals surface area contributed by atoms with E-state index >= 15 is 0 Å². The standard InChI is InChI=1S/C27H36F3N4O2.Rb/c1-10-20(14-19-12-11-13-31-17(19)3)32-23(35)22-26(8,9)16(2)15-34(22)18(4)21(25(5,6)7)33-24(36)27(28,29)30;/h1,11-13,16,20-22H,3-4,14-15H2,2,5-9H3,(H,32,35)(H,33,36);/q-1;+1/t16?,20?,21?,22-;/m1./s1. The molecule has 3 unspecified atom stereocenters. The molecule has 0 spiro atoms. The summed E-state index contributed by atoms with van der Waals surface area (Å²) in [5, 5.41) is 9.14. The zero-order valence-corrected chi connectivity index (χ0v) is 27.7. The molecule has 0 aromatic rings. The number of amides is 2. The Morgan fingerprint density at radius 3 is 2.38 bits per heavy atom. The van der Waals surface area contributed by atoms with Crippen LogP contribution in [0.25, 0.3) is 5.32 Å². The number of hydrogen-bond acceptors (Lipinski definition) is 3. The summed E-state index contributed by atoms with van der Waals surface area (Å²) in [7, 11) is 0. The van der Waals surface area contributed by atoms with Gasteiger partial charge in [0.2, 0.25) is 5.91 Å². The van der Waals surface area contributed by atoms with Gasteiger partial charge in [-0.1, -0.05) is 71.8 Å². The summed E-state index contributed by atoms with van der Waals surface area (Å²) in [6.45, 7) is 19.3. The molecule has 2 aliphatic rings. The molecule has 0 aliphatic carbocycles. The first kappa shape index (κ1) is 33.7. The molecule has 0 saturated carbocycles. The summed E-state index contributed by atoms with van der Waals surface area (Å²) in [5.41, 5.74) is 0.228. The Morgan fingerprint density at radius 2 is 1.89 bits per heavy atom. The normalized spacial score (nSPS) is 22.5. The Kier molecular flexibility index (Phi) is 11.5. The van der Waals surface area contributed by atoms with Crippen LogP contribution < -0.4 is 68.8 Å². The van der Waals surface area contributed by atoms with Crippen molar-refractivity contribution in [2.24, 2.45) is 16.7 Å². The molecular formula is C27H36F3N4O2Rb. The largest absolute Gasteiger partial charge is 1.00 e. The first-order valence-corrected chi connectivity index (χ1v) is 11.8. The monoisotopic (exact) mass is 590 g/mol. The molecule has 0 radical (unpaired) electrons. The van der Waals surface area contributed by atoms with E-state index in [-0.39, 0.29) is 75.7 Å². The van der Waals surface area contributed by atoms with Gasteiger partial charge in [0.1, 0.15) is 6.04 Å². The van der Waals surface area contributed by atoms with Gasteiger partial charge in [-0.2, -0.15) is 19.4 Å². The number of rotatable bonds is 7. The van der Waals surface area contributed by atoms with Crippen molar-refractivity contribution in [1.82, 2.24) is 15.5 Å². The zero-order valence-electron chi connectivity index (χ0n) is 22.8. The molecule has 2 rings (SSSR count). The number of carbonyl (C=O) groups is 2. The quantitative estimate of drug-likeness (QED) is 0.444. The molecule has 2 amide bonds. The molecule has 1 fully saturated rings. The average molecular weight is 591 g/mol. The minimum atomic E-state index is -5.04. The van der Waals surface area contributed by atoms with Gasteiger partial charge < -0.3 is 20.9 Å². The predicted octanol–water partition coefficient (Wildman–Crippen LogP) is 1.79. The van der Waals surface area contributed by atoms with E-state index in [1.165, 1.54) is 0 Å². The van der Waals surface area contributed by atoms with E-state index in [9.17, 15) is 22.8 Å². The van der Waals surface area contributed by atoms with Crippen LogP contribution in [0.5, 0.6) is 0 Å². The molecule has 1 saturated heterocycles. The van der Waals surface area contributed by atoms with Gasteiger partial charge in [0.25, 0.3) is 0 Å². The Hall–Kier alpha value is -1.34. The van der Waals surface area contributed by atoms with E-state index in [2.05, 4.69) is 35.0 Å². The van der Waals surface area contributed by atoms with Crippen molar-refractivity contribution in [3.05, 3.63) is 53.8 Å². The maximum absolute atomic E-state index is 13.6. The van der Waals surface area contributed by atoms with Crippen molar-refractivity contribution in [1.29, 1.82) is 0 Å². The molecule has 37 heavy (non-hydrogen) atoms.